The van der Waals surface area contributed by atoms with Crippen LogP contribution in [0.25, 0.3) is 0 Å². The molecule has 1 heterocycles. The summed E-state index contributed by atoms with van der Waals surface area (Å²) < 4.78 is 0. The number of aromatic nitrogens is 1. The van der Waals surface area contributed by atoms with Gasteiger partial charge in [0.1, 0.15) is 0 Å². The molecular formula is C15H23ClN2. The lowest BCUT2D eigenvalue weighted by atomic mass is 9.63. The zero-order valence-electron chi connectivity index (χ0n) is 11.8. The quantitative estimate of drug-likeness (QED) is 0.782. The molecule has 18 heavy (non-hydrogen) atoms. The molecular weight excluding hydrogens is 244 g/mol. The van der Waals surface area contributed by atoms with Crippen molar-refractivity contribution in [3.8, 4) is 0 Å². The largest absolute Gasteiger partial charge is 0.380 e. The first kappa shape index (κ1) is 13.7. The van der Waals surface area contributed by atoms with Gasteiger partial charge in [0, 0.05) is 12.2 Å². The molecule has 1 N–H and O–H groups in total. The van der Waals surface area contributed by atoms with Gasteiger partial charge in [0.2, 0.25) is 0 Å². The third-order valence-electron chi connectivity index (χ3n) is 3.67. The smallest absolute Gasteiger partial charge is 0.152 e. The molecule has 0 unspecified atom stereocenters. The van der Waals surface area contributed by atoms with Crippen LogP contribution >= 0.6 is 11.6 Å². The lowest BCUT2D eigenvalue weighted by molar-refractivity contribution is 0.105. The summed E-state index contributed by atoms with van der Waals surface area (Å²) in [5.74, 6) is 0. The second-order valence-electron chi connectivity index (χ2n) is 7.10. The SMILES string of the molecule is CC1(C)CC(Nc2cccnc2Cl)CC(C)(C)C1. The van der Waals surface area contributed by atoms with Gasteiger partial charge in [-0.15, -0.1) is 0 Å². The third kappa shape index (κ3) is 3.38. The molecule has 0 bridgehead atoms. The Morgan fingerprint density at radius 3 is 2.39 bits per heavy atom. The van der Waals surface area contributed by atoms with Crippen molar-refractivity contribution < 1.29 is 0 Å². The number of hydrogen-bond acceptors (Lipinski definition) is 2. The van der Waals surface area contributed by atoms with Gasteiger partial charge >= 0.3 is 0 Å². The van der Waals surface area contributed by atoms with E-state index in [4.69, 9.17) is 11.6 Å². The summed E-state index contributed by atoms with van der Waals surface area (Å²) in [4.78, 5) is 4.12. The van der Waals surface area contributed by atoms with Crippen molar-refractivity contribution in [1.29, 1.82) is 0 Å². The van der Waals surface area contributed by atoms with Crippen molar-refractivity contribution in [3.05, 3.63) is 23.5 Å². The van der Waals surface area contributed by atoms with Gasteiger partial charge in [0.15, 0.2) is 5.15 Å². The summed E-state index contributed by atoms with van der Waals surface area (Å²) >= 11 is 6.11. The molecule has 1 aliphatic carbocycles. The van der Waals surface area contributed by atoms with E-state index in [1.807, 2.05) is 12.1 Å². The normalized spacial score (nSPS) is 22.7. The molecule has 0 spiro atoms. The van der Waals surface area contributed by atoms with Crippen molar-refractivity contribution in [2.45, 2.75) is 53.0 Å². The molecule has 0 atom stereocenters. The van der Waals surface area contributed by atoms with E-state index >= 15 is 0 Å². The van der Waals surface area contributed by atoms with E-state index in [0.29, 0.717) is 22.0 Å². The lowest BCUT2D eigenvalue weighted by Gasteiger charge is -2.45. The zero-order chi connectivity index (χ0) is 13.4. The molecule has 1 saturated carbocycles. The average Bonchev–Trinajstić information content (AvgIpc) is 2.16. The highest BCUT2D eigenvalue weighted by Crippen LogP contribution is 2.46. The Hall–Kier alpha value is -0.760. The Balaban J connectivity index is 2.12. The minimum Gasteiger partial charge on any atom is -0.380 e. The minimum atomic E-state index is 0.383. The molecule has 3 heteroatoms. The summed E-state index contributed by atoms with van der Waals surface area (Å²) in [6, 6.07) is 4.41. The van der Waals surface area contributed by atoms with Gasteiger partial charge in [-0.25, -0.2) is 4.98 Å². The van der Waals surface area contributed by atoms with Crippen LogP contribution in [-0.2, 0) is 0 Å². The second kappa shape index (κ2) is 4.73. The number of rotatable bonds is 2. The molecule has 0 aliphatic heterocycles. The zero-order valence-corrected chi connectivity index (χ0v) is 12.5. The molecule has 1 aliphatic rings. The average molecular weight is 267 g/mol. The fraction of sp³-hybridized carbons (Fsp3) is 0.667. The van der Waals surface area contributed by atoms with E-state index in [1.165, 1.54) is 19.3 Å². The van der Waals surface area contributed by atoms with Crippen LogP contribution in [0.2, 0.25) is 5.15 Å². The lowest BCUT2D eigenvalue weighted by Crippen LogP contribution is -2.40. The fourth-order valence-corrected chi connectivity index (χ4v) is 3.84. The summed E-state index contributed by atoms with van der Waals surface area (Å²) in [6.07, 6.45) is 5.37. The van der Waals surface area contributed by atoms with Gasteiger partial charge in [0.25, 0.3) is 0 Å². The van der Waals surface area contributed by atoms with E-state index in [1.54, 1.807) is 6.20 Å². The Morgan fingerprint density at radius 1 is 1.22 bits per heavy atom. The van der Waals surface area contributed by atoms with E-state index in [2.05, 4.69) is 38.0 Å². The topological polar surface area (TPSA) is 24.9 Å². The molecule has 0 amide bonds. The first-order valence-corrected chi connectivity index (χ1v) is 7.02. The number of nitrogens with zero attached hydrogens (tertiary/aromatic N) is 1. The highest BCUT2D eigenvalue weighted by Gasteiger charge is 2.38. The summed E-state index contributed by atoms with van der Waals surface area (Å²) in [7, 11) is 0. The summed E-state index contributed by atoms with van der Waals surface area (Å²) in [5.41, 5.74) is 1.72. The second-order valence-corrected chi connectivity index (χ2v) is 7.45. The van der Waals surface area contributed by atoms with Crippen LogP contribution in [0.4, 0.5) is 5.69 Å². The van der Waals surface area contributed by atoms with Crippen LogP contribution in [0.15, 0.2) is 18.3 Å². The van der Waals surface area contributed by atoms with Gasteiger partial charge in [-0.1, -0.05) is 39.3 Å². The maximum Gasteiger partial charge on any atom is 0.152 e. The fourth-order valence-electron chi connectivity index (χ4n) is 3.66. The van der Waals surface area contributed by atoms with Gasteiger partial charge < -0.3 is 5.32 Å². The van der Waals surface area contributed by atoms with Crippen molar-refractivity contribution in [2.24, 2.45) is 10.8 Å². The summed E-state index contributed by atoms with van der Waals surface area (Å²) in [5, 5.41) is 4.13. The van der Waals surface area contributed by atoms with Gasteiger partial charge in [0.05, 0.1) is 5.69 Å². The van der Waals surface area contributed by atoms with Gasteiger partial charge in [-0.05, 0) is 42.2 Å². The number of pyridine rings is 1. The first-order valence-electron chi connectivity index (χ1n) is 6.65. The summed E-state index contributed by atoms with van der Waals surface area (Å²) in [6.45, 7) is 9.42. The van der Waals surface area contributed by atoms with Crippen LogP contribution in [-0.4, -0.2) is 11.0 Å². The molecule has 1 aromatic heterocycles. The van der Waals surface area contributed by atoms with Crippen LogP contribution < -0.4 is 5.32 Å². The molecule has 2 rings (SSSR count). The Morgan fingerprint density at radius 2 is 1.83 bits per heavy atom. The van der Waals surface area contributed by atoms with Gasteiger partial charge in [-0.2, -0.15) is 0 Å². The van der Waals surface area contributed by atoms with Crippen molar-refractivity contribution in [3.63, 3.8) is 0 Å². The highest BCUT2D eigenvalue weighted by atomic mass is 35.5. The standard InChI is InChI=1S/C15H23ClN2/c1-14(2)8-11(9-15(3,4)10-14)18-12-6-5-7-17-13(12)16/h5-7,11,18H,8-10H2,1-4H3. The monoisotopic (exact) mass is 266 g/mol. The van der Waals surface area contributed by atoms with Crippen LogP contribution in [0.1, 0.15) is 47.0 Å². The molecule has 100 valence electrons. The maximum atomic E-state index is 6.11. The minimum absolute atomic E-state index is 0.383. The number of halogens is 1. The number of nitrogens with one attached hydrogen (secondary N) is 1. The number of hydrogen-bond donors (Lipinski definition) is 1. The molecule has 0 radical (unpaired) electrons. The van der Waals surface area contributed by atoms with Crippen molar-refractivity contribution in [2.75, 3.05) is 5.32 Å². The molecule has 1 aromatic rings. The maximum absolute atomic E-state index is 6.11. The van der Waals surface area contributed by atoms with Crippen LogP contribution in [0.5, 0.6) is 0 Å². The van der Waals surface area contributed by atoms with Crippen molar-refractivity contribution >= 4 is 17.3 Å². The van der Waals surface area contributed by atoms with E-state index < -0.39 is 0 Å². The first-order chi connectivity index (χ1) is 8.27. The molecule has 0 aromatic carbocycles. The molecule has 0 saturated heterocycles. The van der Waals surface area contributed by atoms with E-state index in [-0.39, 0.29) is 0 Å². The number of anilines is 1. The molecule has 2 nitrogen and oxygen atoms in total. The van der Waals surface area contributed by atoms with Gasteiger partial charge in [-0.3, -0.25) is 0 Å². The van der Waals surface area contributed by atoms with Crippen LogP contribution in [0, 0.1) is 10.8 Å². The molecule has 1 fully saturated rings. The highest BCUT2D eigenvalue weighted by molar-refractivity contribution is 6.31. The predicted octanol–water partition coefficient (Wildman–Crippen LogP) is 4.75. The van der Waals surface area contributed by atoms with Crippen molar-refractivity contribution in [1.82, 2.24) is 4.98 Å². The van der Waals surface area contributed by atoms with E-state index in [9.17, 15) is 0 Å². The Labute approximate surface area is 115 Å². The Bertz CT molecular complexity index is 410. The predicted molar refractivity (Wildman–Crippen MR) is 78.1 cm³/mol. The van der Waals surface area contributed by atoms with Crippen LogP contribution in [0.3, 0.4) is 0 Å². The van der Waals surface area contributed by atoms with E-state index in [0.717, 1.165) is 5.69 Å². The Kier molecular flexibility index (Phi) is 3.59. The third-order valence-corrected chi connectivity index (χ3v) is 3.97.